The van der Waals surface area contributed by atoms with Crippen LogP contribution in [0.2, 0.25) is 0 Å². The topological polar surface area (TPSA) is 29.5 Å². The fourth-order valence-corrected chi connectivity index (χ4v) is 9.36. The lowest BCUT2D eigenvalue weighted by atomic mass is 9.86. The van der Waals surface area contributed by atoms with Crippen molar-refractivity contribution in [1.82, 2.24) is 0 Å². The highest BCUT2D eigenvalue weighted by Crippen LogP contribution is 2.48. The second-order valence-electron chi connectivity index (χ2n) is 16.0. The molecule has 2 heterocycles. The van der Waals surface area contributed by atoms with Crippen molar-refractivity contribution in [2.45, 2.75) is 0 Å². The van der Waals surface area contributed by atoms with E-state index in [1.165, 1.54) is 22.3 Å². The fraction of sp³-hybridized carbons (Fsp3) is 0. The molecule has 0 atom stereocenters. The highest BCUT2D eigenvalue weighted by atomic mass is 16.3. The van der Waals surface area contributed by atoms with E-state index in [4.69, 9.17) is 8.83 Å². The van der Waals surface area contributed by atoms with Gasteiger partial charge in [0.25, 0.3) is 0 Å². The van der Waals surface area contributed by atoms with Gasteiger partial charge in [0.1, 0.15) is 22.3 Å². The molecule has 0 amide bonds. The summed E-state index contributed by atoms with van der Waals surface area (Å²) in [6, 6.07) is 84.3. The minimum Gasteiger partial charge on any atom is -0.456 e. The summed E-state index contributed by atoms with van der Waals surface area (Å²) in [5, 5.41) is 4.37. The number of rotatable bonds is 8. The number of furan rings is 2. The number of benzene rings is 10. The Morgan fingerprint density at radius 2 is 0.810 bits per heavy atom. The molecule has 296 valence electrons. The van der Waals surface area contributed by atoms with Crippen LogP contribution in [0, 0.1) is 0 Å². The summed E-state index contributed by atoms with van der Waals surface area (Å²) in [4.78, 5) is 2.40. The molecule has 10 aromatic carbocycles. The highest BCUT2D eigenvalue weighted by molar-refractivity contribution is 6.10. The number of hydrogen-bond acceptors (Lipinski definition) is 3. The zero-order valence-electron chi connectivity index (χ0n) is 34.3. The Hall–Kier alpha value is -8.40. The zero-order chi connectivity index (χ0) is 41.7. The molecule has 0 fully saturated rings. The van der Waals surface area contributed by atoms with Crippen LogP contribution in [-0.2, 0) is 0 Å². The van der Waals surface area contributed by atoms with E-state index in [9.17, 15) is 0 Å². The van der Waals surface area contributed by atoms with Gasteiger partial charge in [0.05, 0.1) is 5.69 Å². The van der Waals surface area contributed by atoms with Gasteiger partial charge in [-0.15, -0.1) is 0 Å². The molecule has 0 radical (unpaired) electrons. The van der Waals surface area contributed by atoms with Crippen LogP contribution in [0.15, 0.2) is 245 Å². The van der Waals surface area contributed by atoms with Gasteiger partial charge in [0.2, 0.25) is 0 Å². The van der Waals surface area contributed by atoms with E-state index < -0.39 is 0 Å². The molecule has 0 spiro atoms. The Morgan fingerprint density at radius 1 is 0.254 bits per heavy atom. The van der Waals surface area contributed by atoms with Crippen LogP contribution in [-0.4, -0.2) is 0 Å². The molecule has 0 aliphatic heterocycles. The van der Waals surface area contributed by atoms with Gasteiger partial charge in [0, 0.05) is 44.0 Å². The van der Waals surface area contributed by atoms with Crippen molar-refractivity contribution in [3.05, 3.63) is 237 Å². The molecule has 0 aliphatic carbocycles. The lowest BCUT2D eigenvalue weighted by Crippen LogP contribution is -2.11. The van der Waals surface area contributed by atoms with E-state index >= 15 is 0 Å². The summed E-state index contributed by atoms with van der Waals surface area (Å²) in [6.45, 7) is 0. The average Bonchev–Trinajstić information content (AvgIpc) is 3.93. The Labute approximate surface area is 365 Å². The van der Waals surface area contributed by atoms with E-state index in [0.29, 0.717) is 0 Å². The molecule has 0 saturated heterocycles. The van der Waals surface area contributed by atoms with Gasteiger partial charge in [-0.3, -0.25) is 0 Å². The van der Waals surface area contributed by atoms with Crippen molar-refractivity contribution < 1.29 is 8.83 Å². The van der Waals surface area contributed by atoms with Crippen molar-refractivity contribution in [2.24, 2.45) is 0 Å². The van der Waals surface area contributed by atoms with Crippen LogP contribution in [0.4, 0.5) is 17.1 Å². The molecular formula is C60H39NO2. The van der Waals surface area contributed by atoms with Gasteiger partial charge < -0.3 is 13.7 Å². The third-order valence-corrected chi connectivity index (χ3v) is 12.3. The van der Waals surface area contributed by atoms with Crippen molar-refractivity contribution in [1.29, 1.82) is 0 Å². The number of fused-ring (bicyclic) bond motifs is 6. The summed E-state index contributed by atoms with van der Waals surface area (Å²) in [6.07, 6.45) is 0. The second kappa shape index (κ2) is 15.3. The normalized spacial score (nSPS) is 11.5. The van der Waals surface area contributed by atoms with Gasteiger partial charge >= 0.3 is 0 Å². The van der Waals surface area contributed by atoms with Gasteiger partial charge in [-0.25, -0.2) is 0 Å². The Balaban J connectivity index is 1.11. The Morgan fingerprint density at radius 3 is 1.62 bits per heavy atom. The second-order valence-corrected chi connectivity index (χ2v) is 16.0. The quantitative estimate of drug-likeness (QED) is 0.153. The zero-order valence-corrected chi connectivity index (χ0v) is 34.3. The predicted molar refractivity (Wildman–Crippen MR) is 263 cm³/mol. The van der Waals surface area contributed by atoms with Crippen LogP contribution >= 0.6 is 0 Å². The summed E-state index contributed by atoms with van der Waals surface area (Å²) in [5.41, 5.74) is 18.0. The standard InChI is InChI=1S/C60H39NO2/c1-3-17-40(18-4-1)42-33-35-49(48-24-8-7-23-46(48)41-19-5-2-6-20-41)54(38-42)50-25-9-12-30-56(50)61(45-34-36-59-55(39-45)52-27-11-13-31-57(52)62-59)44-22-15-21-43(37-44)47-28-16-29-53-51-26-10-14-32-58(51)63-60(47)53/h1-39H. The van der Waals surface area contributed by atoms with Gasteiger partial charge in [0.15, 0.2) is 0 Å². The Kier molecular flexibility index (Phi) is 8.83. The predicted octanol–water partition coefficient (Wildman–Crippen LogP) is 17.3. The third-order valence-electron chi connectivity index (χ3n) is 12.3. The van der Waals surface area contributed by atoms with E-state index in [2.05, 4.69) is 217 Å². The maximum absolute atomic E-state index is 6.59. The molecule has 3 nitrogen and oxygen atoms in total. The lowest BCUT2D eigenvalue weighted by Gasteiger charge is -2.29. The lowest BCUT2D eigenvalue weighted by molar-refractivity contribution is 0.669. The molecule has 12 aromatic rings. The van der Waals surface area contributed by atoms with Crippen molar-refractivity contribution in [2.75, 3.05) is 4.90 Å². The number of para-hydroxylation sites is 4. The summed E-state index contributed by atoms with van der Waals surface area (Å²) < 4.78 is 13.0. The molecular weight excluding hydrogens is 767 g/mol. The number of hydrogen-bond donors (Lipinski definition) is 0. The SMILES string of the molecule is c1ccc(-c2ccc(-c3ccccc3-c3ccccc3)c(-c3ccccc3N(c3cccc(-c4cccc5c4oc4ccccc45)c3)c3ccc4oc5ccccc5c4c3)c2)cc1. The van der Waals surface area contributed by atoms with E-state index in [1.54, 1.807) is 0 Å². The molecule has 3 heteroatoms. The molecule has 0 bridgehead atoms. The largest absolute Gasteiger partial charge is 0.456 e. The molecule has 2 aromatic heterocycles. The molecule has 63 heavy (non-hydrogen) atoms. The summed E-state index contributed by atoms with van der Waals surface area (Å²) >= 11 is 0. The van der Waals surface area contributed by atoms with E-state index in [0.717, 1.165) is 94.3 Å². The van der Waals surface area contributed by atoms with Crippen LogP contribution in [0.25, 0.3) is 99.5 Å². The Bertz CT molecular complexity index is 3640. The van der Waals surface area contributed by atoms with Crippen molar-refractivity contribution in [3.63, 3.8) is 0 Å². The fourth-order valence-electron chi connectivity index (χ4n) is 9.36. The first-order valence-electron chi connectivity index (χ1n) is 21.4. The molecule has 0 unspecified atom stereocenters. The first kappa shape index (κ1) is 36.5. The van der Waals surface area contributed by atoms with E-state index in [1.807, 2.05) is 24.3 Å². The van der Waals surface area contributed by atoms with Gasteiger partial charge in [-0.05, 0) is 99.1 Å². The van der Waals surface area contributed by atoms with Crippen molar-refractivity contribution >= 4 is 60.9 Å². The van der Waals surface area contributed by atoms with Crippen LogP contribution < -0.4 is 4.90 Å². The monoisotopic (exact) mass is 805 g/mol. The highest BCUT2D eigenvalue weighted by Gasteiger charge is 2.23. The molecule has 0 aliphatic rings. The van der Waals surface area contributed by atoms with Gasteiger partial charge in [-0.2, -0.15) is 0 Å². The minimum absolute atomic E-state index is 0.855. The molecule has 0 saturated carbocycles. The summed E-state index contributed by atoms with van der Waals surface area (Å²) in [5.74, 6) is 0. The number of nitrogens with zero attached hydrogens (tertiary/aromatic N) is 1. The maximum Gasteiger partial charge on any atom is 0.143 e. The average molecular weight is 806 g/mol. The number of anilines is 3. The first-order valence-corrected chi connectivity index (χ1v) is 21.4. The van der Waals surface area contributed by atoms with E-state index in [-0.39, 0.29) is 0 Å². The summed E-state index contributed by atoms with van der Waals surface area (Å²) in [7, 11) is 0. The van der Waals surface area contributed by atoms with Crippen LogP contribution in [0.1, 0.15) is 0 Å². The molecule has 12 rings (SSSR count). The maximum atomic E-state index is 6.59. The third kappa shape index (κ3) is 6.38. The smallest absolute Gasteiger partial charge is 0.143 e. The first-order chi connectivity index (χ1) is 31.2. The minimum atomic E-state index is 0.855. The van der Waals surface area contributed by atoms with Crippen molar-refractivity contribution in [3.8, 4) is 55.6 Å². The van der Waals surface area contributed by atoms with Gasteiger partial charge in [-0.1, -0.05) is 182 Å². The van der Waals surface area contributed by atoms with Crippen LogP contribution in [0.5, 0.6) is 0 Å². The van der Waals surface area contributed by atoms with Crippen LogP contribution in [0.3, 0.4) is 0 Å². The molecule has 0 N–H and O–H groups in total.